The number of aromatic nitrogens is 3. The van der Waals surface area contributed by atoms with Crippen LogP contribution in [0.1, 0.15) is 17.0 Å². The molecular formula is C16H11BrF3N3O. The number of nitrogens with one attached hydrogen (secondary N) is 1. The van der Waals surface area contributed by atoms with Crippen LogP contribution < -0.4 is 0 Å². The molecule has 0 aliphatic carbocycles. The first-order valence-electron chi connectivity index (χ1n) is 7.16. The topological polar surface area (TPSA) is 50.8 Å². The van der Waals surface area contributed by atoms with E-state index in [1.807, 2.05) is 24.3 Å². The van der Waals surface area contributed by atoms with E-state index in [4.69, 9.17) is 4.74 Å². The number of ether oxygens (including phenoxy) is 1. The van der Waals surface area contributed by atoms with Crippen LogP contribution in [-0.2, 0) is 16.3 Å². The number of aromatic amines is 1. The second kappa shape index (κ2) is 5.29. The Morgan fingerprint density at radius 3 is 2.46 bits per heavy atom. The quantitative estimate of drug-likeness (QED) is 0.709. The first-order valence-corrected chi connectivity index (χ1v) is 7.95. The lowest BCUT2D eigenvalue weighted by atomic mass is 9.78. The predicted octanol–water partition coefficient (Wildman–Crippen LogP) is 4.06. The molecule has 1 saturated heterocycles. The van der Waals surface area contributed by atoms with Gasteiger partial charge in [0.25, 0.3) is 0 Å². The fourth-order valence-corrected chi connectivity index (χ4v) is 3.06. The van der Waals surface area contributed by atoms with Gasteiger partial charge in [0.1, 0.15) is 5.82 Å². The molecule has 24 heavy (non-hydrogen) atoms. The highest BCUT2D eigenvalue weighted by molar-refractivity contribution is 9.10. The molecule has 1 fully saturated rings. The number of benzene rings is 1. The minimum absolute atomic E-state index is 0.265. The minimum atomic E-state index is -4.44. The van der Waals surface area contributed by atoms with E-state index in [1.165, 1.54) is 0 Å². The maximum atomic E-state index is 12.8. The van der Waals surface area contributed by atoms with Crippen molar-refractivity contribution in [3.8, 4) is 0 Å². The highest BCUT2D eigenvalue weighted by atomic mass is 79.9. The van der Waals surface area contributed by atoms with Gasteiger partial charge in [0.05, 0.1) is 29.7 Å². The molecule has 3 aromatic rings. The molecule has 4 nitrogen and oxygen atoms in total. The van der Waals surface area contributed by atoms with Gasteiger partial charge in [-0.2, -0.15) is 13.2 Å². The number of pyridine rings is 1. The molecule has 2 aromatic heterocycles. The van der Waals surface area contributed by atoms with Crippen molar-refractivity contribution in [1.29, 1.82) is 0 Å². The van der Waals surface area contributed by atoms with Gasteiger partial charge >= 0.3 is 6.18 Å². The third-order valence-corrected chi connectivity index (χ3v) is 4.74. The molecule has 1 N–H and O–H groups in total. The van der Waals surface area contributed by atoms with E-state index in [-0.39, 0.29) is 11.2 Å². The molecule has 8 heteroatoms. The van der Waals surface area contributed by atoms with Crippen LogP contribution in [0, 0.1) is 0 Å². The standard InChI is InChI=1S/C16H11BrF3N3O/c17-11-3-1-9(2-4-11)15(7-24-8-15)14-22-12-5-10(16(18,19)20)6-21-13(12)23-14/h1-6H,7-8H2,(H,21,22,23). The largest absolute Gasteiger partial charge is 0.417 e. The van der Waals surface area contributed by atoms with Crippen molar-refractivity contribution in [3.63, 3.8) is 0 Å². The van der Waals surface area contributed by atoms with E-state index < -0.39 is 17.2 Å². The van der Waals surface area contributed by atoms with E-state index in [9.17, 15) is 13.2 Å². The summed E-state index contributed by atoms with van der Waals surface area (Å²) in [6.45, 7) is 0.834. The molecule has 0 amide bonds. The average Bonchev–Trinajstić information content (AvgIpc) is 2.90. The summed E-state index contributed by atoms with van der Waals surface area (Å²) in [6, 6.07) is 8.77. The number of fused-ring (bicyclic) bond motifs is 1. The van der Waals surface area contributed by atoms with E-state index in [2.05, 4.69) is 30.9 Å². The Morgan fingerprint density at radius 2 is 1.88 bits per heavy atom. The van der Waals surface area contributed by atoms with Gasteiger partial charge < -0.3 is 9.72 Å². The van der Waals surface area contributed by atoms with E-state index in [0.29, 0.717) is 19.0 Å². The normalized spacial score (nSPS) is 17.0. The van der Waals surface area contributed by atoms with Crippen molar-refractivity contribution in [2.45, 2.75) is 11.6 Å². The van der Waals surface area contributed by atoms with Crippen LogP contribution in [0.5, 0.6) is 0 Å². The van der Waals surface area contributed by atoms with Gasteiger partial charge in [0.2, 0.25) is 0 Å². The molecule has 1 aliphatic heterocycles. The summed E-state index contributed by atoms with van der Waals surface area (Å²) in [7, 11) is 0. The minimum Gasteiger partial charge on any atom is -0.378 e. The van der Waals surface area contributed by atoms with E-state index in [1.54, 1.807) is 0 Å². The molecule has 0 spiro atoms. The Balaban J connectivity index is 1.81. The fraction of sp³-hybridized carbons (Fsp3) is 0.250. The Hall–Kier alpha value is -1.93. The molecule has 3 heterocycles. The number of hydrogen-bond donors (Lipinski definition) is 1. The second-order valence-electron chi connectivity index (χ2n) is 5.76. The van der Waals surface area contributed by atoms with Crippen LogP contribution in [0.15, 0.2) is 41.0 Å². The maximum Gasteiger partial charge on any atom is 0.417 e. The highest BCUT2D eigenvalue weighted by Gasteiger charge is 2.45. The smallest absolute Gasteiger partial charge is 0.378 e. The lowest BCUT2D eigenvalue weighted by Crippen LogP contribution is -2.48. The number of H-pyrrole nitrogens is 1. The summed E-state index contributed by atoms with van der Waals surface area (Å²) in [5.41, 5.74) is 0.240. The number of halogens is 4. The van der Waals surface area contributed by atoms with Gasteiger partial charge in [-0.05, 0) is 23.8 Å². The third kappa shape index (κ3) is 2.41. The van der Waals surface area contributed by atoms with Gasteiger partial charge in [0.15, 0.2) is 5.65 Å². The molecule has 0 saturated carbocycles. The zero-order valence-electron chi connectivity index (χ0n) is 12.2. The van der Waals surface area contributed by atoms with Crippen molar-refractivity contribution < 1.29 is 17.9 Å². The molecule has 4 rings (SSSR count). The monoisotopic (exact) mass is 397 g/mol. The van der Waals surface area contributed by atoms with Crippen LogP contribution in [-0.4, -0.2) is 28.2 Å². The summed E-state index contributed by atoms with van der Waals surface area (Å²) >= 11 is 3.39. The maximum absolute atomic E-state index is 12.8. The number of alkyl halides is 3. The van der Waals surface area contributed by atoms with Crippen LogP contribution in [0.25, 0.3) is 11.2 Å². The van der Waals surface area contributed by atoms with Gasteiger partial charge in [-0.15, -0.1) is 0 Å². The van der Waals surface area contributed by atoms with Crippen LogP contribution in [0.4, 0.5) is 13.2 Å². The summed E-state index contributed by atoms with van der Waals surface area (Å²) in [4.78, 5) is 11.2. The number of nitrogens with zero attached hydrogens (tertiary/aromatic N) is 2. The van der Waals surface area contributed by atoms with Gasteiger partial charge in [-0.25, -0.2) is 9.97 Å². The zero-order valence-corrected chi connectivity index (χ0v) is 13.8. The van der Waals surface area contributed by atoms with Crippen molar-refractivity contribution in [2.24, 2.45) is 0 Å². The number of rotatable bonds is 2. The molecule has 0 bridgehead atoms. The molecule has 124 valence electrons. The van der Waals surface area contributed by atoms with E-state index in [0.717, 1.165) is 22.3 Å². The Bertz CT molecular complexity index is 901. The molecule has 1 aliphatic rings. The van der Waals surface area contributed by atoms with Gasteiger partial charge in [-0.1, -0.05) is 28.1 Å². The Kier molecular flexibility index (Phi) is 3.43. The SMILES string of the molecule is FC(F)(F)c1cnc2nc(C3(c4ccc(Br)cc4)COC3)[nH]c2c1. The Labute approximate surface area is 143 Å². The molecule has 1 aromatic carbocycles. The van der Waals surface area contributed by atoms with Crippen LogP contribution in [0.2, 0.25) is 0 Å². The van der Waals surface area contributed by atoms with Crippen LogP contribution >= 0.6 is 15.9 Å². The average molecular weight is 398 g/mol. The van der Waals surface area contributed by atoms with Gasteiger partial charge in [0, 0.05) is 10.7 Å². The first kappa shape index (κ1) is 15.6. The number of imidazole rings is 1. The summed E-state index contributed by atoms with van der Waals surface area (Å²) in [5.74, 6) is 0.567. The lowest BCUT2D eigenvalue weighted by Gasteiger charge is -2.40. The third-order valence-electron chi connectivity index (χ3n) is 4.21. The summed E-state index contributed by atoms with van der Waals surface area (Å²) in [5, 5.41) is 0. The lowest BCUT2D eigenvalue weighted by molar-refractivity contribution is -0.137. The van der Waals surface area contributed by atoms with Crippen molar-refractivity contribution in [3.05, 3.63) is 58.0 Å². The van der Waals surface area contributed by atoms with Gasteiger partial charge in [-0.3, -0.25) is 0 Å². The molecule has 0 radical (unpaired) electrons. The fourth-order valence-electron chi connectivity index (χ4n) is 2.80. The number of hydrogen-bond acceptors (Lipinski definition) is 3. The first-order chi connectivity index (χ1) is 11.4. The highest BCUT2D eigenvalue weighted by Crippen LogP contribution is 2.39. The van der Waals surface area contributed by atoms with E-state index >= 15 is 0 Å². The van der Waals surface area contributed by atoms with Crippen LogP contribution in [0.3, 0.4) is 0 Å². The summed E-state index contributed by atoms with van der Waals surface area (Å²) < 4.78 is 44.8. The molecule has 0 atom stereocenters. The predicted molar refractivity (Wildman–Crippen MR) is 84.6 cm³/mol. The van der Waals surface area contributed by atoms with Crippen molar-refractivity contribution >= 4 is 27.1 Å². The zero-order chi connectivity index (χ0) is 16.9. The molecule has 0 unspecified atom stereocenters. The molecular weight excluding hydrogens is 387 g/mol. The van der Waals surface area contributed by atoms with Crippen molar-refractivity contribution in [2.75, 3.05) is 13.2 Å². The Morgan fingerprint density at radius 1 is 1.17 bits per heavy atom. The second-order valence-corrected chi connectivity index (χ2v) is 6.68. The van der Waals surface area contributed by atoms with Crippen molar-refractivity contribution in [1.82, 2.24) is 15.0 Å². The summed E-state index contributed by atoms with van der Waals surface area (Å²) in [6.07, 6.45) is -3.63.